The molecule has 1 atom stereocenters. The number of hydrogen-bond donors (Lipinski definition) is 1. The van der Waals surface area contributed by atoms with Gasteiger partial charge in [0, 0.05) is 12.6 Å². The Bertz CT molecular complexity index is 517. The van der Waals surface area contributed by atoms with Crippen LogP contribution in [0.3, 0.4) is 0 Å². The van der Waals surface area contributed by atoms with E-state index in [-0.39, 0.29) is 10.9 Å². The average molecular weight is 287 g/mol. The minimum atomic E-state index is -3.53. The van der Waals surface area contributed by atoms with Gasteiger partial charge >= 0.3 is 0 Å². The monoisotopic (exact) mass is 287 g/mol. The molecule has 0 amide bonds. The molecule has 2 rings (SSSR count). The van der Waals surface area contributed by atoms with Crippen LogP contribution in [0.25, 0.3) is 0 Å². The maximum atomic E-state index is 12.8. The summed E-state index contributed by atoms with van der Waals surface area (Å²) < 4.78 is 32.1. The lowest BCUT2D eigenvalue weighted by Crippen LogP contribution is -2.44. The van der Waals surface area contributed by atoms with Crippen molar-refractivity contribution in [2.45, 2.75) is 50.5 Å². The first-order valence-electron chi connectivity index (χ1n) is 6.63. The van der Waals surface area contributed by atoms with Crippen LogP contribution in [0.5, 0.6) is 0 Å². The van der Waals surface area contributed by atoms with Gasteiger partial charge in [-0.05, 0) is 39.7 Å². The van der Waals surface area contributed by atoms with Crippen molar-refractivity contribution in [2.24, 2.45) is 5.73 Å². The van der Waals surface area contributed by atoms with Crippen LogP contribution < -0.4 is 5.73 Å². The second-order valence-electron chi connectivity index (χ2n) is 5.00. The van der Waals surface area contributed by atoms with Gasteiger partial charge in [0.2, 0.25) is 10.0 Å². The molecule has 108 valence electrons. The fraction of sp³-hybridized carbons (Fsp3) is 0.750. The molecule has 1 aliphatic heterocycles. The molecule has 0 saturated carbocycles. The minimum Gasteiger partial charge on any atom is -0.360 e. The van der Waals surface area contributed by atoms with E-state index in [1.807, 2.05) is 0 Å². The largest absolute Gasteiger partial charge is 0.360 e. The molecule has 1 unspecified atom stereocenters. The van der Waals surface area contributed by atoms with Gasteiger partial charge in [0.1, 0.15) is 10.6 Å². The SMILES string of the molecule is Cc1noc(C)c1S(=O)(=O)N1CCCCC1CCN. The Morgan fingerprint density at radius 3 is 2.74 bits per heavy atom. The highest BCUT2D eigenvalue weighted by molar-refractivity contribution is 7.89. The first kappa shape index (κ1) is 14.5. The summed E-state index contributed by atoms with van der Waals surface area (Å²) in [6.45, 7) is 4.34. The van der Waals surface area contributed by atoms with E-state index in [9.17, 15) is 8.42 Å². The van der Waals surface area contributed by atoms with Crippen LogP contribution in [-0.4, -0.2) is 37.0 Å². The number of sulfonamides is 1. The molecular formula is C12H21N3O3S. The van der Waals surface area contributed by atoms with Crippen LogP contribution >= 0.6 is 0 Å². The molecule has 2 heterocycles. The topological polar surface area (TPSA) is 89.4 Å². The molecule has 0 bridgehead atoms. The van der Waals surface area contributed by atoms with E-state index in [1.54, 1.807) is 18.2 Å². The summed E-state index contributed by atoms with van der Waals surface area (Å²) >= 11 is 0. The van der Waals surface area contributed by atoms with Crippen molar-refractivity contribution in [3.63, 3.8) is 0 Å². The number of nitrogens with zero attached hydrogens (tertiary/aromatic N) is 2. The predicted octanol–water partition coefficient (Wildman–Crippen LogP) is 1.18. The van der Waals surface area contributed by atoms with Crippen LogP contribution in [0.4, 0.5) is 0 Å². The molecule has 0 spiro atoms. The minimum absolute atomic E-state index is 0.00236. The Kier molecular flexibility index (Phi) is 4.27. The molecular weight excluding hydrogens is 266 g/mol. The summed E-state index contributed by atoms with van der Waals surface area (Å²) in [6, 6.07) is -0.00236. The van der Waals surface area contributed by atoms with Crippen LogP contribution in [-0.2, 0) is 10.0 Å². The predicted molar refractivity (Wildman–Crippen MR) is 71.2 cm³/mol. The van der Waals surface area contributed by atoms with E-state index in [0.29, 0.717) is 31.0 Å². The fourth-order valence-corrected chi connectivity index (χ4v) is 4.75. The second-order valence-corrected chi connectivity index (χ2v) is 6.82. The van der Waals surface area contributed by atoms with E-state index in [2.05, 4.69) is 5.16 Å². The number of aromatic nitrogens is 1. The quantitative estimate of drug-likeness (QED) is 0.898. The first-order chi connectivity index (χ1) is 8.98. The summed E-state index contributed by atoms with van der Waals surface area (Å²) in [4.78, 5) is 0.219. The van der Waals surface area contributed by atoms with Crippen LogP contribution in [0.15, 0.2) is 9.42 Å². The zero-order valence-corrected chi connectivity index (χ0v) is 12.2. The molecule has 6 nitrogen and oxygen atoms in total. The molecule has 0 aliphatic carbocycles. The molecule has 1 aromatic heterocycles. The van der Waals surface area contributed by atoms with Crippen molar-refractivity contribution in [2.75, 3.05) is 13.1 Å². The van der Waals surface area contributed by atoms with E-state index < -0.39 is 10.0 Å². The summed E-state index contributed by atoms with van der Waals surface area (Å²) in [5.41, 5.74) is 6.02. The summed E-state index contributed by atoms with van der Waals surface area (Å²) in [5.74, 6) is 0.356. The average Bonchev–Trinajstić information content (AvgIpc) is 2.70. The third kappa shape index (κ3) is 2.68. The fourth-order valence-electron chi connectivity index (χ4n) is 2.73. The van der Waals surface area contributed by atoms with Crippen molar-refractivity contribution >= 4 is 10.0 Å². The number of nitrogens with two attached hydrogens (primary N) is 1. The molecule has 0 radical (unpaired) electrons. The lowest BCUT2D eigenvalue weighted by molar-refractivity contribution is 0.243. The zero-order chi connectivity index (χ0) is 14.0. The third-order valence-corrected chi connectivity index (χ3v) is 5.80. The van der Waals surface area contributed by atoms with E-state index >= 15 is 0 Å². The summed E-state index contributed by atoms with van der Waals surface area (Å²) in [7, 11) is -3.53. The smallest absolute Gasteiger partial charge is 0.248 e. The van der Waals surface area contributed by atoms with Gasteiger partial charge in [-0.1, -0.05) is 11.6 Å². The molecule has 2 N–H and O–H groups in total. The van der Waals surface area contributed by atoms with Crippen molar-refractivity contribution in [3.8, 4) is 0 Å². The van der Waals surface area contributed by atoms with Crippen LogP contribution in [0.2, 0.25) is 0 Å². The lowest BCUT2D eigenvalue weighted by atomic mass is 10.0. The number of aryl methyl sites for hydroxylation is 2. The van der Waals surface area contributed by atoms with Gasteiger partial charge in [0.15, 0.2) is 5.76 Å². The van der Waals surface area contributed by atoms with Gasteiger partial charge in [-0.2, -0.15) is 4.31 Å². The maximum absolute atomic E-state index is 12.8. The van der Waals surface area contributed by atoms with Crippen molar-refractivity contribution < 1.29 is 12.9 Å². The van der Waals surface area contributed by atoms with E-state index in [1.165, 1.54) is 0 Å². The second kappa shape index (κ2) is 5.60. The molecule has 0 aromatic carbocycles. The lowest BCUT2D eigenvalue weighted by Gasteiger charge is -2.34. The zero-order valence-electron chi connectivity index (χ0n) is 11.4. The molecule has 1 aliphatic rings. The molecule has 1 fully saturated rings. The maximum Gasteiger partial charge on any atom is 0.248 e. The van der Waals surface area contributed by atoms with Crippen LogP contribution in [0, 0.1) is 13.8 Å². The van der Waals surface area contributed by atoms with Crippen LogP contribution in [0.1, 0.15) is 37.1 Å². The number of hydrogen-bond acceptors (Lipinski definition) is 5. The van der Waals surface area contributed by atoms with Gasteiger partial charge in [-0.25, -0.2) is 8.42 Å². The van der Waals surface area contributed by atoms with Crippen molar-refractivity contribution in [1.82, 2.24) is 9.46 Å². The van der Waals surface area contributed by atoms with Gasteiger partial charge in [-0.15, -0.1) is 0 Å². The van der Waals surface area contributed by atoms with Gasteiger partial charge in [-0.3, -0.25) is 0 Å². The van der Waals surface area contributed by atoms with Gasteiger partial charge in [0.25, 0.3) is 0 Å². The van der Waals surface area contributed by atoms with Crippen molar-refractivity contribution in [1.29, 1.82) is 0 Å². The highest BCUT2D eigenvalue weighted by atomic mass is 32.2. The normalized spacial score (nSPS) is 21.7. The summed E-state index contributed by atoms with van der Waals surface area (Å²) in [5, 5.41) is 3.74. The highest BCUT2D eigenvalue weighted by Crippen LogP contribution is 2.29. The molecule has 1 aromatic rings. The Balaban J connectivity index is 2.37. The first-order valence-corrected chi connectivity index (χ1v) is 8.07. The number of rotatable bonds is 4. The van der Waals surface area contributed by atoms with E-state index in [4.69, 9.17) is 10.3 Å². The Morgan fingerprint density at radius 2 is 2.16 bits per heavy atom. The highest BCUT2D eigenvalue weighted by Gasteiger charge is 2.36. The Morgan fingerprint density at radius 1 is 1.42 bits per heavy atom. The summed E-state index contributed by atoms with van der Waals surface area (Å²) in [6.07, 6.45) is 3.52. The van der Waals surface area contributed by atoms with Gasteiger partial charge < -0.3 is 10.3 Å². The third-order valence-electron chi connectivity index (χ3n) is 3.61. The molecule has 1 saturated heterocycles. The Labute approximate surface area is 114 Å². The van der Waals surface area contributed by atoms with Crippen molar-refractivity contribution in [3.05, 3.63) is 11.5 Å². The molecule has 19 heavy (non-hydrogen) atoms. The van der Waals surface area contributed by atoms with E-state index in [0.717, 1.165) is 19.3 Å². The number of piperidine rings is 1. The standard InChI is InChI=1S/C12H21N3O3S/c1-9-12(10(2)18-14-9)19(16,17)15-8-4-3-5-11(15)6-7-13/h11H,3-8,13H2,1-2H3. The van der Waals surface area contributed by atoms with Gasteiger partial charge in [0.05, 0.1) is 0 Å². The Hall–Kier alpha value is -0.920. The molecule has 7 heteroatoms.